The minimum absolute atomic E-state index is 0.0610. The summed E-state index contributed by atoms with van der Waals surface area (Å²) in [7, 11) is 1.74. The molecule has 0 bridgehead atoms. The second kappa shape index (κ2) is 6.30. The summed E-state index contributed by atoms with van der Waals surface area (Å²) in [6.45, 7) is 0.255. The molecule has 0 fully saturated rings. The number of carbonyl (C=O) groups is 2. The fraction of sp³-hybridized carbons (Fsp3) is 0.364. The first-order chi connectivity index (χ1) is 8.54. The van der Waals surface area contributed by atoms with E-state index < -0.39 is 18.0 Å². The van der Waals surface area contributed by atoms with Crippen molar-refractivity contribution in [1.29, 1.82) is 0 Å². The van der Waals surface area contributed by atoms with Crippen molar-refractivity contribution in [3.63, 3.8) is 0 Å². The van der Waals surface area contributed by atoms with Gasteiger partial charge in [0.2, 0.25) is 0 Å². The Labute approximate surface area is 104 Å². The minimum atomic E-state index is -1.16. The van der Waals surface area contributed by atoms with Crippen LogP contribution in [0.3, 0.4) is 0 Å². The number of rotatable bonds is 5. The van der Waals surface area contributed by atoms with Gasteiger partial charge in [-0.1, -0.05) is 0 Å². The molecule has 1 atom stereocenters. The fourth-order valence-electron chi connectivity index (χ4n) is 1.27. The predicted molar refractivity (Wildman–Crippen MR) is 63.5 cm³/mol. The van der Waals surface area contributed by atoms with Gasteiger partial charge in [0.1, 0.15) is 6.04 Å². The average Bonchev–Trinajstić information content (AvgIpc) is 2.71. The number of aryl methyl sites for hydroxylation is 1. The van der Waals surface area contributed by atoms with Crippen LogP contribution in [0.15, 0.2) is 12.3 Å². The highest BCUT2D eigenvalue weighted by Crippen LogP contribution is 1.95. The first-order valence-electron chi connectivity index (χ1n) is 5.22. The van der Waals surface area contributed by atoms with Crippen LogP contribution < -0.4 is 10.6 Å². The molecule has 0 aromatic carbocycles. The Kier molecular flexibility index (Phi) is 4.75. The largest absolute Gasteiger partial charge is 0.480 e. The maximum atomic E-state index is 11.5. The number of nitrogens with zero attached hydrogens (tertiary/aromatic N) is 2. The molecule has 1 rings (SSSR count). The first-order valence-corrected chi connectivity index (χ1v) is 5.22. The van der Waals surface area contributed by atoms with E-state index in [0.717, 1.165) is 5.69 Å². The Balaban J connectivity index is 2.44. The third-order valence-corrected chi connectivity index (χ3v) is 2.28. The van der Waals surface area contributed by atoms with Crippen molar-refractivity contribution < 1.29 is 14.7 Å². The molecular weight excluding hydrogens is 236 g/mol. The lowest BCUT2D eigenvalue weighted by Crippen LogP contribution is -2.45. The molecular formula is C11H14N4O3. The zero-order valence-electron chi connectivity index (χ0n) is 9.88. The number of amides is 2. The van der Waals surface area contributed by atoms with Crippen molar-refractivity contribution in [3.05, 3.63) is 18.0 Å². The van der Waals surface area contributed by atoms with E-state index in [0.29, 0.717) is 0 Å². The molecule has 7 heteroatoms. The lowest BCUT2D eigenvalue weighted by atomic mass is 10.2. The number of nitrogens with one attached hydrogen (secondary N) is 2. The van der Waals surface area contributed by atoms with Crippen LogP contribution in [0, 0.1) is 12.3 Å². The van der Waals surface area contributed by atoms with Crippen LogP contribution in [0.5, 0.6) is 0 Å². The third-order valence-electron chi connectivity index (χ3n) is 2.28. The van der Waals surface area contributed by atoms with Crippen molar-refractivity contribution in [2.45, 2.75) is 19.0 Å². The van der Waals surface area contributed by atoms with Crippen LogP contribution in [0.2, 0.25) is 0 Å². The van der Waals surface area contributed by atoms with Gasteiger partial charge in [0.25, 0.3) is 0 Å². The van der Waals surface area contributed by atoms with E-state index in [2.05, 4.69) is 21.7 Å². The Bertz CT molecular complexity index is 475. The number of aromatic nitrogens is 2. The van der Waals surface area contributed by atoms with E-state index >= 15 is 0 Å². The van der Waals surface area contributed by atoms with Crippen LogP contribution in [0.4, 0.5) is 4.79 Å². The Hall–Kier alpha value is -2.49. The topological polar surface area (TPSA) is 96.3 Å². The molecule has 2 amide bonds. The van der Waals surface area contributed by atoms with E-state index in [1.807, 2.05) is 0 Å². The summed E-state index contributed by atoms with van der Waals surface area (Å²) >= 11 is 0. The number of hydrogen-bond acceptors (Lipinski definition) is 3. The van der Waals surface area contributed by atoms with Gasteiger partial charge in [-0.15, -0.1) is 12.3 Å². The first kappa shape index (κ1) is 13.6. The van der Waals surface area contributed by atoms with Crippen molar-refractivity contribution in [2.24, 2.45) is 7.05 Å². The van der Waals surface area contributed by atoms with Gasteiger partial charge in [-0.2, -0.15) is 5.10 Å². The summed E-state index contributed by atoms with van der Waals surface area (Å²) in [6, 6.07) is 0.0801. The van der Waals surface area contributed by atoms with Gasteiger partial charge in [0.15, 0.2) is 0 Å². The average molecular weight is 250 g/mol. The van der Waals surface area contributed by atoms with Gasteiger partial charge in [-0.3, -0.25) is 4.68 Å². The van der Waals surface area contributed by atoms with Gasteiger partial charge in [0, 0.05) is 19.7 Å². The molecule has 0 spiro atoms. The molecule has 0 saturated carbocycles. The summed E-state index contributed by atoms with van der Waals surface area (Å²) in [5.74, 6) is 1.03. The van der Waals surface area contributed by atoms with Crippen molar-refractivity contribution >= 4 is 12.0 Å². The smallest absolute Gasteiger partial charge is 0.327 e. The Morgan fingerprint density at radius 3 is 2.89 bits per heavy atom. The fourth-order valence-corrected chi connectivity index (χ4v) is 1.27. The summed E-state index contributed by atoms with van der Waals surface area (Å²) < 4.78 is 1.61. The van der Waals surface area contributed by atoms with Crippen LogP contribution in [-0.4, -0.2) is 32.9 Å². The summed E-state index contributed by atoms with van der Waals surface area (Å²) in [6.07, 6.45) is 6.56. The van der Waals surface area contributed by atoms with Crippen LogP contribution in [-0.2, 0) is 18.4 Å². The highest BCUT2D eigenvalue weighted by atomic mass is 16.4. The van der Waals surface area contributed by atoms with Crippen LogP contribution in [0.25, 0.3) is 0 Å². The highest BCUT2D eigenvalue weighted by molar-refractivity contribution is 5.82. The maximum Gasteiger partial charge on any atom is 0.327 e. The van der Waals surface area contributed by atoms with Gasteiger partial charge >= 0.3 is 12.0 Å². The number of carboxylic acid groups (broad SMARTS) is 1. The molecule has 1 unspecified atom stereocenters. The van der Waals surface area contributed by atoms with Crippen molar-refractivity contribution in [1.82, 2.24) is 20.4 Å². The number of terminal acetylenes is 1. The van der Waals surface area contributed by atoms with E-state index in [1.165, 1.54) is 0 Å². The van der Waals surface area contributed by atoms with Gasteiger partial charge in [-0.05, 0) is 6.07 Å². The molecule has 18 heavy (non-hydrogen) atoms. The molecule has 0 aliphatic heterocycles. The second-order valence-electron chi connectivity index (χ2n) is 3.57. The monoisotopic (exact) mass is 250 g/mol. The summed E-state index contributed by atoms with van der Waals surface area (Å²) in [5.41, 5.74) is 0.800. The second-order valence-corrected chi connectivity index (χ2v) is 3.57. The Morgan fingerprint density at radius 2 is 2.39 bits per heavy atom. The molecule has 0 aliphatic rings. The van der Waals surface area contributed by atoms with Gasteiger partial charge in [0.05, 0.1) is 12.2 Å². The molecule has 1 heterocycles. The van der Waals surface area contributed by atoms with Crippen LogP contribution in [0.1, 0.15) is 12.1 Å². The molecule has 1 aromatic heterocycles. The summed E-state index contributed by atoms with van der Waals surface area (Å²) in [5, 5.41) is 17.5. The highest BCUT2D eigenvalue weighted by Gasteiger charge is 2.18. The zero-order chi connectivity index (χ0) is 13.5. The maximum absolute atomic E-state index is 11.5. The third kappa shape index (κ3) is 3.83. The van der Waals surface area contributed by atoms with E-state index in [1.54, 1.807) is 24.0 Å². The summed E-state index contributed by atoms with van der Waals surface area (Å²) in [4.78, 5) is 22.2. The molecule has 3 N–H and O–H groups in total. The van der Waals surface area contributed by atoms with Gasteiger partial charge in [-0.25, -0.2) is 9.59 Å². The normalized spacial score (nSPS) is 11.3. The zero-order valence-corrected chi connectivity index (χ0v) is 9.88. The minimum Gasteiger partial charge on any atom is -0.480 e. The van der Waals surface area contributed by atoms with Gasteiger partial charge < -0.3 is 15.7 Å². The Morgan fingerprint density at radius 1 is 1.67 bits per heavy atom. The van der Waals surface area contributed by atoms with E-state index in [-0.39, 0.29) is 13.0 Å². The molecule has 0 radical (unpaired) electrons. The number of hydrogen-bond donors (Lipinski definition) is 3. The van der Waals surface area contributed by atoms with Crippen molar-refractivity contribution in [3.8, 4) is 12.3 Å². The number of aliphatic carboxylic acids is 1. The molecule has 7 nitrogen and oxygen atoms in total. The lowest BCUT2D eigenvalue weighted by molar-refractivity contribution is -0.139. The molecule has 0 saturated heterocycles. The quantitative estimate of drug-likeness (QED) is 0.625. The van der Waals surface area contributed by atoms with Crippen LogP contribution >= 0.6 is 0 Å². The molecule has 1 aromatic rings. The predicted octanol–water partition coefficient (Wildman–Crippen LogP) is -0.304. The lowest BCUT2D eigenvalue weighted by Gasteiger charge is -2.12. The number of carboxylic acids is 1. The number of urea groups is 1. The molecule has 96 valence electrons. The van der Waals surface area contributed by atoms with E-state index in [4.69, 9.17) is 11.5 Å². The van der Waals surface area contributed by atoms with Crippen molar-refractivity contribution in [2.75, 3.05) is 0 Å². The number of carbonyl (C=O) groups excluding carboxylic acids is 1. The standard InChI is InChI=1S/C11H14N4O3/c1-3-4-9(10(16)17)14-11(18)12-7-8-5-6-13-15(8)2/h1,5-6,9H,4,7H2,2H3,(H,16,17)(H2,12,14,18). The molecule has 0 aliphatic carbocycles. The SMILES string of the molecule is C#CCC(NC(=O)NCc1ccnn1C)C(=O)O. The van der Waals surface area contributed by atoms with E-state index in [9.17, 15) is 9.59 Å².